The van der Waals surface area contributed by atoms with E-state index in [9.17, 15) is 14.4 Å². The zero-order chi connectivity index (χ0) is 31.5. The molecular weight excluding hydrogens is 592 g/mol. The first-order valence-electron chi connectivity index (χ1n) is 14.7. The molecule has 3 heterocycles. The lowest BCUT2D eigenvalue weighted by molar-refractivity contribution is -0.111. The topological polar surface area (TPSA) is 102 Å². The van der Waals surface area contributed by atoms with Crippen LogP contribution >= 0.6 is 11.6 Å². The summed E-state index contributed by atoms with van der Waals surface area (Å²) >= 11 is 6.32. The maximum Gasteiger partial charge on any atom is 0.255 e. The average Bonchev–Trinajstić information content (AvgIpc) is 3.05. The van der Waals surface area contributed by atoms with Crippen LogP contribution in [0.15, 0.2) is 89.7 Å². The fraction of sp³-hybridized carbons (Fsp3) is 0.229. The number of fused-ring (bicyclic) bond motifs is 4. The molecule has 1 aromatic heterocycles. The first kappa shape index (κ1) is 30.0. The van der Waals surface area contributed by atoms with Crippen molar-refractivity contribution < 1.29 is 19.1 Å². The first-order valence-corrected chi connectivity index (χ1v) is 15.1. The molecule has 10 heteroatoms. The summed E-state index contributed by atoms with van der Waals surface area (Å²) in [6.45, 7) is 2.04. The minimum atomic E-state index is -0.403. The highest BCUT2D eigenvalue weighted by Crippen LogP contribution is 2.40. The van der Waals surface area contributed by atoms with Crippen LogP contribution in [0.25, 0.3) is 6.08 Å². The van der Waals surface area contributed by atoms with E-state index in [2.05, 4.69) is 15.5 Å². The number of ether oxygens (including phenoxy) is 2. The number of nitrogens with one attached hydrogen (secondary N) is 2. The van der Waals surface area contributed by atoms with Gasteiger partial charge >= 0.3 is 0 Å². The number of methoxy groups -OCH3 is 2. The van der Waals surface area contributed by atoms with E-state index in [1.165, 1.54) is 20.3 Å². The van der Waals surface area contributed by atoms with Crippen LogP contribution < -0.4 is 30.6 Å². The highest BCUT2D eigenvalue weighted by molar-refractivity contribution is 6.32. The van der Waals surface area contributed by atoms with Gasteiger partial charge in [-0.25, -0.2) is 0 Å². The number of hydrogen-bond acceptors (Lipinski definition) is 6. The molecule has 4 aromatic rings. The number of amides is 2. The molecule has 45 heavy (non-hydrogen) atoms. The molecule has 3 aromatic carbocycles. The van der Waals surface area contributed by atoms with Crippen LogP contribution in [0.1, 0.15) is 34.0 Å². The number of benzene rings is 3. The predicted molar refractivity (Wildman–Crippen MR) is 177 cm³/mol. The molecule has 230 valence electrons. The number of carbonyl (C=O) groups is 2. The number of anilines is 3. The predicted octanol–water partition coefficient (Wildman–Crippen LogP) is 6.05. The summed E-state index contributed by atoms with van der Waals surface area (Å²) in [6, 6.07) is 23.4. The number of pyridine rings is 1. The molecule has 2 N–H and O–H groups in total. The van der Waals surface area contributed by atoms with E-state index in [0.717, 1.165) is 23.4 Å². The lowest BCUT2D eigenvalue weighted by Crippen LogP contribution is -2.47. The number of hydrogen-bond donors (Lipinski definition) is 2. The summed E-state index contributed by atoms with van der Waals surface area (Å²) in [5.41, 5.74) is 3.98. The number of piperidine rings is 1. The Hall–Kier alpha value is -5.02. The van der Waals surface area contributed by atoms with Crippen LogP contribution in [-0.2, 0) is 11.3 Å². The molecule has 6 rings (SSSR count). The van der Waals surface area contributed by atoms with Gasteiger partial charge in [-0.1, -0.05) is 48.0 Å². The quantitative estimate of drug-likeness (QED) is 0.232. The van der Waals surface area contributed by atoms with E-state index < -0.39 is 5.91 Å². The lowest BCUT2D eigenvalue weighted by Gasteiger charge is -2.44. The van der Waals surface area contributed by atoms with Gasteiger partial charge in [-0.3, -0.25) is 14.4 Å². The smallest absolute Gasteiger partial charge is 0.255 e. The van der Waals surface area contributed by atoms with Crippen LogP contribution in [-0.4, -0.2) is 43.7 Å². The number of carbonyl (C=O) groups excluding carboxylic acids is 2. The molecule has 2 unspecified atom stereocenters. The maximum atomic E-state index is 13.5. The summed E-state index contributed by atoms with van der Waals surface area (Å²) in [5.74, 6) is 0.523. The van der Waals surface area contributed by atoms with E-state index in [-0.39, 0.29) is 23.3 Å². The monoisotopic (exact) mass is 624 g/mol. The van der Waals surface area contributed by atoms with Crippen LogP contribution in [0.4, 0.5) is 17.1 Å². The molecule has 9 nitrogen and oxygen atoms in total. The first-order chi connectivity index (χ1) is 21.8. The zero-order valence-corrected chi connectivity index (χ0v) is 25.7. The maximum absolute atomic E-state index is 13.5. The summed E-state index contributed by atoms with van der Waals surface area (Å²) in [5, 5.41) is 6.20. The van der Waals surface area contributed by atoms with Crippen molar-refractivity contribution in [2.24, 2.45) is 5.92 Å². The normalized spacial score (nSPS) is 17.0. The Bertz CT molecular complexity index is 1840. The van der Waals surface area contributed by atoms with Crippen molar-refractivity contribution in [2.75, 3.05) is 42.8 Å². The van der Waals surface area contributed by atoms with E-state index in [1.54, 1.807) is 36.4 Å². The minimum Gasteiger partial charge on any atom is -0.495 e. The van der Waals surface area contributed by atoms with Crippen LogP contribution in [0.2, 0.25) is 5.02 Å². The summed E-state index contributed by atoms with van der Waals surface area (Å²) < 4.78 is 12.6. The molecule has 2 aliphatic rings. The molecule has 2 atom stereocenters. The third kappa shape index (κ3) is 6.44. The molecule has 0 radical (unpaired) electrons. The van der Waals surface area contributed by atoms with Crippen molar-refractivity contribution in [1.82, 2.24) is 4.57 Å². The Morgan fingerprint density at radius 1 is 0.867 bits per heavy atom. The van der Waals surface area contributed by atoms with Gasteiger partial charge < -0.3 is 29.6 Å². The fourth-order valence-electron chi connectivity index (χ4n) is 6.21. The standard InChI is InChI=1S/C35H33ClN4O5/c1-44-31-18-32(45-2)28(17-26(31)36)38-35(43)24-12-13-30(27(16-24)37-33(41)14-11-22-7-4-3-5-8-22)39-19-23-15-25(21-39)29-9-6-10-34(42)40(29)20-23/h3-14,16-18,23,25H,15,19-21H2,1-2H3,(H,37,41)(H,38,43)/b14-11+. The van der Waals surface area contributed by atoms with Crippen LogP contribution in [0.5, 0.6) is 11.5 Å². The Morgan fingerprint density at radius 2 is 1.67 bits per heavy atom. The highest BCUT2D eigenvalue weighted by atomic mass is 35.5. The van der Waals surface area contributed by atoms with Gasteiger partial charge in [0.1, 0.15) is 11.5 Å². The van der Waals surface area contributed by atoms with E-state index in [0.29, 0.717) is 53.1 Å². The Morgan fingerprint density at radius 3 is 2.44 bits per heavy atom. The molecule has 0 saturated carbocycles. The van der Waals surface area contributed by atoms with Crippen LogP contribution in [0.3, 0.4) is 0 Å². The van der Waals surface area contributed by atoms with E-state index in [1.807, 2.05) is 53.1 Å². The molecule has 0 spiro atoms. The highest BCUT2D eigenvalue weighted by Gasteiger charge is 2.35. The number of rotatable bonds is 8. The van der Waals surface area contributed by atoms with E-state index in [4.69, 9.17) is 21.1 Å². The van der Waals surface area contributed by atoms with Crippen molar-refractivity contribution >= 4 is 46.6 Å². The summed E-state index contributed by atoms with van der Waals surface area (Å²) in [4.78, 5) is 41.5. The number of aromatic nitrogens is 1. The van der Waals surface area contributed by atoms with Gasteiger partial charge in [0, 0.05) is 55.0 Å². The Kier molecular flexibility index (Phi) is 8.62. The third-order valence-electron chi connectivity index (χ3n) is 8.29. The molecule has 2 amide bonds. The molecule has 0 aliphatic carbocycles. The zero-order valence-electron chi connectivity index (χ0n) is 25.0. The van der Waals surface area contributed by atoms with Gasteiger partial charge in [-0.05, 0) is 54.3 Å². The van der Waals surface area contributed by atoms with Gasteiger partial charge in [-0.15, -0.1) is 0 Å². The van der Waals surface area contributed by atoms with Gasteiger partial charge in [0.25, 0.3) is 11.5 Å². The largest absolute Gasteiger partial charge is 0.495 e. The third-order valence-corrected chi connectivity index (χ3v) is 8.58. The molecule has 2 bridgehead atoms. The summed E-state index contributed by atoms with van der Waals surface area (Å²) in [7, 11) is 2.99. The second-order valence-electron chi connectivity index (χ2n) is 11.2. The van der Waals surface area contributed by atoms with Gasteiger partial charge in [0.05, 0.1) is 36.3 Å². The second-order valence-corrected chi connectivity index (χ2v) is 11.6. The van der Waals surface area contributed by atoms with Crippen molar-refractivity contribution in [2.45, 2.75) is 18.9 Å². The molecule has 2 aliphatic heterocycles. The molecular formula is C35H33ClN4O5. The Balaban J connectivity index is 1.31. The van der Waals surface area contributed by atoms with Gasteiger partial charge in [0.2, 0.25) is 5.91 Å². The minimum absolute atomic E-state index is 0.0268. The second kappa shape index (κ2) is 12.9. The lowest BCUT2D eigenvalue weighted by atomic mass is 9.83. The SMILES string of the molecule is COc1cc(OC)c(NC(=O)c2ccc(N3CC4CC(C3)c3cccc(=O)n3C4)c(NC(=O)/C=C/c3ccccc3)c2)cc1Cl. The molecule has 1 saturated heterocycles. The van der Waals surface area contributed by atoms with E-state index >= 15 is 0 Å². The van der Waals surface area contributed by atoms with Crippen molar-refractivity contribution in [3.05, 3.63) is 117 Å². The molecule has 1 fully saturated rings. The fourth-order valence-corrected chi connectivity index (χ4v) is 6.45. The van der Waals surface area contributed by atoms with Crippen LogP contribution in [0, 0.1) is 5.92 Å². The average molecular weight is 625 g/mol. The van der Waals surface area contributed by atoms with Crippen molar-refractivity contribution in [3.63, 3.8) is 0 Å². The van der Waals surface area contributed by atoms with Crippen molar-refractivity contribution in [3.8, 4) is 11.5 Å². The van der Waals surface area contributed by atoms with Crippen molar-refractivity contribution in [1.29, 1.82) is 0 Å². The Labute approximate surface area is 266 Å². The summed E-state index contributed by atoms with van der Waals surface area (Å²) in [6.07, 6.45) is 4.21. The number of halogens is 1. The number of nitrogens with zero attached hydrogens (tertiary/aromatic N) is 2. The van der Waals surface area contributed by atoms with Gasteiger partial charge in [-0.2, -0.15) is 0 Å². The van der Waals surface area contributed by atoms with Gasteiger partial charge in [0.15, 0.2) is 0 Å².